The number of hydrogen-bond donors (Lipinski definition) is 2. The van der Waals surface area contributed by atoms with Crippen LogP contribution in [0, 0.1) is 5.92 Å². The summed E-state index contributed by atoms with van der Waals surface area (Å²) in [7, 11) is 2.62. The van der Waals surface area contributed by atoms with Crippen LogP contribution < -0.4 is 22.3 Å². The number of nitrogen functional groups attached to an aromatic ring is 1. The molecule has 0 aliphatic heterocycles. The highest BCUT2D eigenvalue weighted by Gasteiger charge is 2.20. The van der Waals surface area contributed by atoms with E-state index in [4.69, 9.17) is 5.73 Å². The Balaban J connectivity index is 3.39. The predicted octanol–water partition coefficient (Wildman–Crippen LogP) is -0.241. The molecule has 0 bridgehead atoms. The Morgan fingerprint density at radius 3 is 2.38 bits per heavy atom. The Labute approximate surface area is 122 Å². The van der Waals surface area contributed by atoms with E-state index >= 15 is 0 Å². The van der Waals surface area contributed by atoms with E-state index in [2.05, 4.69) is 10.1 Å². The molecule has 0 saturated heterocycles. The Morgan fingerprint density at radius 2 is 1.90 bits per heavy atom. The van der Waals surface area contributed by atoms with Crippen LogP contribution in [0.2, 0.25) is 0 Å². The Morgan fingerprint density at radius 1 is 1.33 bits per heavy atom. The molecule has 0 fully saturated rings. The molecule has 0 aliphatic carbocycles. The summed E-state index contributed by atoms with van der Waals surface area (Å²) >= 11 is 0. The average molecular weight is 298 g/mol. The van der Waals surface area contributed by atoms with Gasteiger partial charge in [0, 0.05) is 13.6 Å². The molecule has 0 aromatic carbocycles. The molecule has 8 nitrogen and oxygen atoms in total. The highest BCUT2D eigenvalue weighted by atomic mass is 16.5. The summed E-state index contributed by atoms with van der Waals surface area (Å²) in [6.07, 6.45) is 0. The van der Waals surface area contributed by atoms with Gasteiger partial charge in [-0.05, 0) is 12.8 Å². The van der Waals surface area contributed by atoms with Gasteiger partial charge in [-0.15, -0.1) is 0 Å². The quantitative estimate of drug-likeness (QED) is 0.726. The first-order chi connectivity index (χ1) is 9.70. The second kappa shape index (κ2) is 6.47. The van der Waals surface area contributed by atoms with E-state index in [1.165, 1.54) is 18.7 Å². The van der Waals surface area contributed by atoms with E-state index in [0.29, 0.717) is 6.54 Å². The Bertz CT molecular complexity index is 645. The molecular weight excluding hydrogens is 276 g/mol. The summed E-state index contributed by atoms with van der Waals surface area (Å²) in [5.74, 6) is -0.334. The van der Waals surface area contributed by atoms with Gasteiger partial charge in [-0.1, -0.05) is 13.8 Å². The van der Waals surface area contributed by atoms with Crippen LogP contribution in [-0.4, -0.2) is 28.3 Å². The lowest BCUT2D eigenvalue weighted by molar-refractivity contribution is -0.141. The van der Waals surface area contributed by atoms with Crippen LogP contribution in [-0.2, 0) is 23.1 Å². The lowest BCUT2D eigenvalue weighted by atomic mass is 10.2. The zero-order valence-electron chi connectivity index (χ0n) is 13.0. The van der Waals surface area contributed by atoms with Gasteiger partial charge >= 0.3 is 11.7 Å². The van der Waals surface area contributed by atoms with Crippen LogP contribution in [0.1, 0.15) is 20.8 Å². The van der Waals surface area contributed by atoms with Gasteiger partial charge in [0.25, 0.3) is 5.56 Å². The molecule has 0 amide bonds. The molecule has 1 aromatic rings. The number of esters is 1. The first-order valence-electron chi connectivity index (χ1n) is 6.64. The molecule has 1 rings (SSSR count). The van der Waals surface area contributed by atoms with Crippen molar-refractivity contribution in [3.05, 3.63) is 20.8 Å². The van der Waals surface area contributed by atoms with Crippen LogP contribution in [0.5, 0.6) is 0 Å². The third-order valence-corrected chi connectivity index (χ3v) is 3.05. The van der Waals surface area contributed by atoms with Gasteiger partial charge in [0.2, 0.25) is 0 Å². The van der Waals surface area contributed by atoms with Crippen molar-refractivity contribution in [2.75, 3.05) is 18.2 Å². The van der Waals surface area contributed by atoms with Gasteiger partial charge < -0.3 is 15.8 Å². The number of carbonyl (C=O) groups is 1. The van der Waals surface area contributed by atoms with Crippen LogP contribution in [0.3, 0.4) is 0 Å². The highest BCUT2D eigenvalue weighted by Crippen LogP contribution is 2.13. The maximum atomic E-state index is 12.1. The molecule has 118 valence electrons. The number of nitrogens with zero attached hydrogens (tertiary/aromatic N) is 2. The molecule has 1 atom stereocenters. The molecule has 0 spiro atoms. The first-order valence-corrected chi connectivity index (χ1v) is 6.64. The van der Waals surface area contributed by atoms with Crippen molar-refractivity contribution in [2.24, 2.45) is 13.0 Å². The fourth-order valence-corrected chi connectivity index (χ4v) is 1.91. The summed E-state index contributed by atoms with van der Waals surface area (Å²) in [6.45, 7) is 5.78. The molecule has 0 aliphatic rings. The lowest BCUT2D eigenvalue weighted by Gasteiger charge is -2.19. The summed E-state index contributed by atoms with van der Waals surface area (Å²) < 4.78 is 6.87. The largest absolute Gasteiger partial charge is 0.467 e. The average Bonchev–Trinajstić information content (AvgIpc) is 2.44. The van der Waals surface area contributed by atoms with Crippen molar-refractivity contribution in [2.45, 2.75) is 33.4 Å². The predicted molar refractivity (Wildman–Crippen MR) is 80.3 cm³/mol. The highest BCUT2D eigenvalue weighted by molar-refractivity contribution is 5.80. The Kier molecular flexibility index (Phi) is 5.17. The van der Waals surface area contributed by atoms with Crippen LogP contribution in [0.4, 0.5) is 11.5 Å². The summed E-state index contributed by atoms with van der Waals surface area (Å²) in [5, 5.41) is 2.72. The molecule has 1 heterocycles. The maximum absolute atomic E-state index is 12.1. The van der Waals surface area contributed by atoms with Gasteiger partial charge in [0.1, 0.15) is 17.5 Å². The van der Waals surface area contributed by atoms with E-state index in [0.717, 1.165) is 4.57 Å². The van der Waals surface area contributed by atoms with Crippen LogP contribution in [0.25, 0.3) is 0 Å². The van der Waals surface area contributed by atoms with Crippen molar-refractivity contribution in [3.8, 4) is 0 Å². The van der Waals surface area contributed by atoms with Crippen LogP contribution >= 0.6 is 0 Å². The molecule has 0 radical (unpaired) electrons. The number of carbonyl (C=O) groups excluding carboxylic acids is 1. The monoisotopic (exact) mass is 298 g/mol. The first kappa shape index (κ1) is 16.8. The third-order valence-electron chi connectivity index (χ3n) is 3.05. The summed E-state index contributed by atoms with van der Waals surface area (Å²) in [5.41, 5.74) is 4.89. The Hall–Kier alpha value is -2.25. The van der Waals surface area contributed by atoms with Gasteiger partial charge in [0.15, 0.2) is 0 Å². The van der Waals surface area contributed by atoms with Gasteiger partial charge in [0.05, 0.1) is 7.11 Å². The number of hydrogen-bond acceptors (Lipinski definition) is 6. The molecule has 3 N–H and O–H groups in total. The number of nitrogens with two attached hydrogens (primary N) is 1. The molecule has 21 heavy (non-hydrogen) atoms. The van der Waals surface area contributed by atoms with Crippen molar-refractivity contribution in [3.63, 3.8) is 0 Å². The molecule has 0 saturated carbocycles. The standard InChI is InChI=1S/C13H22N4O4/c1-7(2)6-17-10(14)9(11(18)16(4)13(17)20)15-8(3)12(19)21-5/h7-8,15H,6,14H2,1-5H3. The smallest absolute Gasteiger partial charge is 0.332 e. The minimum atomic E-state index is -0.755. The minimum absolute atomic E-state index is 0.0209. The third kappa shape index (κ3) is 3.45. The zero-order valence-corrected chi connectivity index (χ0v) is 13.0. The van der Waals surface area contributed by atoms with Crippen molar-refractivity contribution >= 4 is 17.5 Å². The van der Waals surface area contributed by atoms with Crippen molar-refractivity contribution in [1.29, 1.82) is 0 Å². The van der Waals surface area contributed by atoms with Crippen molar-refractivity contribution in [1.82, 2.24) is 9.13 Å². The van der Waals surface area contributed by atoms with E-state index in [1.54, 1.807) is 6.92 Å². The number of ether oxygens (including phenoxy) is 1. The number of anilines is 2. The molecule has 8 heteroatoms. The van der Waals surface area contributed by atoms with Crippen LogP contribution in [0.15, 0.2) is 9.59 Å². The van der Waals surface area contributed by atoms with E-state index < -0.39 is 23.3 Å². The second-order valence-corrected chi connectivity index (χ2v) is 5.30. The molecular formula is C13H22N4O4. The zero-order chi connectivity index (χ0) is 16.3. The van der Waals surface area contributed by atoms with Crippen molar-refractivity contribution < 1.29 is 9.53 Å². The van der Waals surface area contributed by atoms with E-state index in [9.17, 15) is 14.4 Å². The molecule has 1 unspecified atom stereocenters. The minimum Gasteiger partial charge on any atom is -0.467 e. The SMILES string of the molecule is COC(=O)C(C)Nc1c(N)n(CC(C)C)c(=O)n(C)c1=O. The number of aromatic nitrogens is 2. The number of methoxy groups -OCH3 is 1. The fourth-order valence-electron chi connectivity index (χ4n) is 1.91. The number of nitrogens with one attached hydrogen (secondary N) is 1. The van der Waals surface area contributed by atoms with Gasteiger partial charge in [-0.3, -0.25) is 13.9 Å². The van der Waals surface area contributed by atoms with Gasteiger partial charge in [-0.25, -0.2) is 9.59 Å². The van der Waals surface area contributed by atoms with Gasteiger partial charge in [-0.2, -0.15) is 0 Å². The topological polar surface area (TPSA) is 108 Å². The van der Waals surface area contributed by atoms with E-state index in [1.807, 2.05) is 13.8 Å². The maximum Gasteiger partial charge on any atom is 0.332 e. The fraction of sp³-hybridized carbons (Fsp3) is 0.615. The normalized spacial score (nSPS) is 12.3. The second-order valence-electron chi connectivity index (χ2n) is 5.30. The van der Waals surface area contributed by atoms with E-state index in [-0.39, 0.29) is 17.4 Å². The lowest BCUT2D eigenvalue weighted by Crippen LogP contribution is -2.43. The number of rotatable bonds is 5. The molecule has 1 aromatic heterocycles. The summed E-state index contributed by atoms with van der Waals surface area (Å²) in [6, 6.07) is -0.755. The summed E-state index contributed by atoms with van der Waals surface area (Å²) in [4.78, 5) is 35.7.